The van der Waals surface area contributed by atoms with E-state index >= 15 is 0 Å². The third-order valence-electron chi connectivity index (χ3n) is 19.0. The van der Waals surface area contributed by atoms with Crippen LogP contribution in [0.5, 0.6) is 0 Å². The maximum absolute atomic E-state index is 5.20. The molecule has 438 valence electrons. The van der Waals surface area contributed by atoms with E-state index < -0.39 is 0 Å². The molecule has 20 rings (SSSR count). The van der Waals surface area contributed by atoms with Gasteiger partial charge < -0.3 is 0 Å². The molecular weight excluding hydrogens is 1180 g/mol. The highest BCUT2D eigenvalue weighted by atomic mass is 32.1. The Morgan fingerprint density at radius 3 is 0.872 bits per heavy atom. The second kappa shape index (κ2) is 22.0. The van der Waals surface area contributed by atoms with Crippen molar-refractivity contribution in [1.82, 2.24) is 29.9 Å². The van der Waals surface area contributed by atoms with Crippen LogP contribution in [0.25, 0.3) is 153 Å². The highest BCUT2D eigenvalue weighted by Gasteiger charge is 2.41. The predicted octanol–water partition coefficient (Wildman–Crippen LogP) is 22.4. The molecule has 0 N–H and O–H groups in total. The van der Waals surface area contributed by atoms with Crippen LogP contribution in [-0.4, -0.2) is 29.9 Å². The Balaban J connectivity index is 0.620. The minimum absolute atomic E-state index is 0.0985. The number of fused-ring (bicyclic) bond motifs is 6. The molecular formula is C86H52N6S2. The van der Waals surface area contributed by atoms with Gasteiger partial charge in [-0.25, -0.2) is 29.9 Å². The zero-order valence-electron chi connectivity index (χ0n) is 50.5. The molecule has 2 unspecified atom stereocenters. The van der Waals surface area contributed by atoms with Gasteiger partial charge >= 0.3 is 0 Å². The third-order valence-corrected chi connectivity index (χ3v) is 21.3. The van der Waals surface area contributed by atoms with Gasteiger partial charge in [-0.3, -0.25) is 0 Å². The fourth-order valence-corrected chi connectivity index (χ4v) is 16.6. The lowest BCUT2D eigenvalue weighted by molar-refractivity contribution is 0.755. The van der Waals surface area contributed by atoms with Gasteiger partial charge in [0.05, 0.1) is 0 Å². The Labute approximate surface area is 550 Å². The highest BCUT2D eigenvalue weighted by molar-refractivity contribution is 7.26. The number of aromatic nitrogens is 6. The van der Waals surface area contributed by atoms with Gasteiger partial charge in [0.15, 0.2) is 34.9 Å². The molecule has 2 bridgehead atoms. The average Bonchev–Trinajstić information content (AvgIpc) is 1.05. The second-order valence-electron chi connectivity index (χ2n) is 24.5. The molecule has 0 saturated carbocycles. The van der Waals surface area contributed by atoms with Crippen LogP contribution < -0.4 is 0 Å². The van der Waals surface area contributed by atoms with Crippen molar-refractivity contribution in [3.8, 4) is 113 Å². The van der Waals surface area contributed by atoms with Crippen LogP contribution in [0.15, 0.2) is 303 Å². The normalized spacial score (nSPS) is 13.7. The molecule has 0 aliphatic heterocycles. The van der Waals surface area contributed by atoms with E-state index in [-0.39, 0.29) is 11.8 Å². The fraction of sp³-hybridized carbons (Fsp3) is 0.0233. The van der Waals surface area contributed by atoms with Crippen LogP contribution in [0.2, 0.25) is 0 Å². The molecule has 0 amide bonds. The van der Waals surface area contributed by atoms with Gasteiger partial charge in [0.2, 0.25) is 0 Å². The summed E-state index contributed by atoms with van der Waals surface area (Å²) < 4.78 is 5.17. The summed E-state index contributed by atoms with van der Waals surface area (Å²) in [6.45, 7) is 0. The van der Waals surface area contributed by atoms with E-state index in [0.29, 0.717) is 34.9 Å². The Kier molecular flexibility index (Phi) is 12.7. The summed E-state index contributed by atoms with van der Waals surface area (Å²) in [5, 5.41) is 5.12. The molecule has 6 nitrogen and oxygen atoms in total. The molecule has 0 saturated heterocycles. The zero-order valence-corrected chi connectivity index (χ0v) is 52.2. The minimum Gasteiger partial charge on any atom is -0.208 e. The Bertz CT molecular complexity index is 5520. The van der Waals surface area contributed by atoms with Gasteiger partial charge in [-0.1, -0.05) is 243 Å². The maximum Gasteiger partial charge on any atom is 0.164 e. The lowest BCUT2D eigenvalue weighted by atomic mass is 9.60. The second-order valence-corrected chi connectivity index (χ2v) is 26.6. The van der Waals surface area contributed by atoms with Crippen LogP contribution in [0.1, 0.15) is 45.2 Å². The Hall–Kier alpha value is -11.7. The van der Waals surface area contributed by atoms with E-state index in [4.69, 9.17) is 29.9 Å². The largest absolute Gasteiger partial charge is 0.208 e. The van der Waals surface area contributed by atoms with E-state index in [1.165, 1.54) is 84.9 Å². The summed E-state index contributed by atoms with van der Waals surface area (Å²) in [7, 11) is 0. The van der Waals surface area contributed by atoms with Crippen LogP contribution in [-0.2, 0) is 0 Å². The van der Waals surface area contributed by atoms with Crippen molar-refractivity contribution in [3.63, 3.8) is 0 Å². The standard InChI is InChI=1S/C86H52N6S2/c1-3-15-53(16-4-1)81-87-83(91-85(89-81)63-21-13-19-57(45-63)61-39-43-77-71(47-61)65-23-9-11-27-75(65)93-77)55-33-29-51(30-34-55)59-37-41-69-73(49-59)79-67-25-7-8-26-68(67)80(69)74-50-60(38-42-70(74)79)52-31-35-56(36-32-52)84-88-82(54-17-5-2-6-18-54)90-86(92-84)64-22-14-20-58(46-64)62-40-44-78-72(48-62)66-24-10-12-28-76(66)94-78/h1-50,79-80H. The van der Waals surface area contributed by atoms with Crippen LogP contribution in [0, 0.1) is 0 Å². The van der Waals surface area contributed by atoms with Crippen molar-refractivity contribution in [2.45, 2.75) is 11.8 Å². The first-order chi connectivity index (χ1) is 46.5. The van der Waals surface area contributed by atoms with E-state index in [0.717, 1.165) is 66.8 Å². The lowest BCUT2D eigenvalue weighted by Gasteiger charge is -2.42. The molecule has 94 heavy (non-hydrogen) atoms. The van der Waals surface area contributed by atoms with Gasteiger partial charge in [0.1, 0.15) is 0 Å². The SMILES string of the molecule is c1ccc(-c2nc(-c3ccc(-c4ccc5c(c4)C4c6ccccc6C5c5cc(-c6ccc(-c7nc(-c8ccccc8)nc(-c8cccc(-c9ccc%10sc%11ccccc%11c%10c9)c8)n7)cc6)ccc54)cc3)nc(-c3cccc(-c4ccc5sc6ccccc6c5c4)c3)n2)cc1. The molecule has 4 heterocycles. The molecule has 8 heteroatoms. The number of benzene rings is 13. The fourth-order valence-electron chi connectivity index (χ4n) is 14.4. The quantitative estimate of drug-likeness (QED) is 0.136. The summed E-state index contributed by atoms with van der Waals surface area (Å²) in [5.41, 5.74) is 23.0. The van der Waals surface area contributed by atoms with Crippen molar-refractivity contribution in [2.24, 2.45) is 0 Å². The first-order valence-corrected chi connectivity index (χ1v) is 33.4. The van der Waals surface area contributed by atoms with E-state index in [9.17, 15) is 0 Å². The summed E-state index contributed by atoms with van der Waals surface area (Å²) >= 11 is 3.67. The summed E-state index contributed by atoms with van der Waals surface area (Å²) in [6.07, 6.45) is 0. The Morgan fingerprint density at radius 1 is 0.170 bits per heavy atom. The molecule has 3 aliphatic rings. The first-order valence-electron chi connectivity index (χ1n) is 31.8. The molecule has 3 aliphatic carbocycles. The zero-order chi connectivity index (χ0) is 61.8. The van der Waals surface area contributed by atoms with Gasteiger partial charge in [-0.15, -0.1) is 22.7 Å². The van der Waals surface area contributed by atoms with E-state index in [2.05, 4.69) is 267 Å². The van der Waals surface area contributed by atoms with Gasteiger partial charge in [-0.2, -0.15) is 0 Å². The third kappa shape index (κ3) is 9.28. The molecule has 4 aromatic heterocycles. The monoisotopic (exact) mass is 1230 g/mol. The summed E-state index contributed by atoms with van der Waals surface area (Å²) in [4.78, 5) is 30.9. The minimum atomic E-state index is 0.0985. The number of rotatable bonds is 10. The predicted molar refractivity (Wildman–Crippen MR) is 388 cm³/mol. The van der Waals surface area contributed by atoms with Crippen molar-refractivity contribution < 1.29 is 0 Å². The number of thiophene rings is 2. The highest BCUT2D eigenvalue weighted by Crippen LogP contribution is 2.57. The first kappa shape index (κ1) is 54.1. The molecule has 13 aromatic carbocycles. The van der Waals surface area contributed by atoms with Crippen molar-refractivity contribution in [3.05, 3.63) is 337 Å². The molecule has 17 aromatic rings. The average molecular weight is 1230 g/mol. The molecule has 0 radical (unpaired) electrons. The Morgan fingerprint density at radius 2 is 0.447 bits per heavy atom. The molecule has 2 atom stereocenters. The summed E-state index contributed by atoms with van der Waals surface area (Å²) in [5.74, 6) is 3.98. The van der Waals surface area contributed by atoms with Gasteiger partial charge in [0, 0.05) is 85.6 Å². The van der Waals surface area contributed by atoms with Crippen LogP contribution >= 0.6 is 22.7 Å². The van der Waals surface area contributed by atoms with E-state index in [1.807, 2.05) is 59.1 Å². The topological polar surface area (TPSA) is 77.3 Å². The van der Waals surface area contributed by atoms with Crippen molar-refractivity contribution in [2.75, 3.05) is 0 Å². The maximum atomic E-state index is 5.20. The molecule has 0 fully saturated rings. The number of hydrogen-bond acceptors (Lipinski definition) is 8. The summed E-state index contributed by atoms with van der Waals surface area (Å²) in [6, 6.07) is 109. The van der Waals surface area contributed by atoms with Crippen molar-refractivity contribution >= 4 is 63.0 Å². The smallest absolute Gasteiger partial charge is 0.164 e. The number of hydrogen-bond donors (Lipinski definition) is 0. The van der Waals surface area contributed by atoms with Crippen molar-refractivity contribution in [1.29, 1.82) is 0 Å². The number of nitrogens with zero attached hydrogens (tertiary/aromatic N) is 6. The van der Waals surface area contributed by atoms with Gasteiger partial charge in [0.25, 0.3) is 0 Å². The molecule has 0 spiro atoms. The van der Waals surface area contributed by atoms with Gasteiger partial charge in [-0.05, 0) is 139 Å². The van der Waals surface area contributed by atoms with Crippen LogP contribution in [0.4, 0.5) is 0 Å². The lowest BCUT2D eigenvalue weighted by Crippen LogP contribution is -2.27. The van der Waals surface area contributed by atoms with Crippen LogP contribution in [0.3, 0.4) is 0 Å². The van der Waals surface area contributed by atoms with E-state index in [1.54, 1.807) is 0 Å².